The Hall–Kier alpha value is -0.780. The van der Waals surface area contributed by atoms with Gasteiger partial charge in [0.1, 0.15) is 4.88 Å². The Labute approximate surface area is 105 Å². The Morgan fingerprint density at radius 2 is 2.12 bits per heavy atom. The number of ether oxygens (including phenoxy) is 1. The number of methoxy groups -OCH3 is 1. The average molecular weight is 263 g/mol. The van der Waals surface area contributed by atoms with Crippen molar-refractivity contribution in [2.45, 2.75) is 0 Å². The summed E-state index contributed by atoms with van der Waals surface area (Å²) in [4.78, 5) is 14.2. The highest BCUT2D eigenvalue weighted by atomic mass is 35.5. The monoisotopic (exact) mass is 262 g/mol. The number of nitrogens with zero attached hydrogens (tertiary/aromatic N) is 1. The van der Waals surface area contributed by atoms with Crippen LogP contribution in [0, 0.1) is 0 Å². The fraction of sp³-hybridized carbons (Fsp3) is 0.500. The van der Waals surface area contributed by atoms with Gasteiger partial charge in [0.25, 0.3) is 0 Å². The van der Waals surface area contributed by atoms with Crippen LogP contribution in [-0.2, 0) is 4.74 Å². The highest BCUT2D eigenvalue weighted by Crippen LogP contribution is 2.26. The first-order valence-electron chi connectivity index (χ1n) is 4.95. The van der Waals surface area contributed by atoms with Gasteiger partial charge in [0.05, 0.1) is 12.1 Å². The van der Waals surface area contributed by atoms with E-state index >= 15 is 0 Å². The average Bonchev–Trinajstić information content (AvgIpc) is 2.78. The Kier molecular flexibility index (Phi) is 5.05. The van der Waals surface area contributed by atoms with Crippen molar-refractivity contribution in [3.63, 3.8) is 0 Å². The number of piperazine rings is 1. The Morgan fingerprint density at radius 1 is 1.44 bits per heavy atom. The quantitative estimate of drug-likeness (QED) is 0.818. The Morgan fingerprint density at radius 3 is 2.75 bits per heavy atom. The van der Waals surface area contributed by atoms with E-state index in [1.807, 2.05) is 12.1 Å². The smallest absolute Gasteiger partial charge is 0.348 e. The van der Waals surface area contributed by atoms with E-state index in [1.54, 1.807) is 0 Å². The van der Waals surface area contributed by atoms with Crippen molar-refractivity contribution >= 4 is 34.7 Å². The first kappa shape index (κ1) is 13.3. The van der Waals surface area contributed by atoms with E-state index in [9.17, 15) is 4.79 Å². The molecular weight excluding hydrogens is 248 g/mol. The number of anilines is 1. The molecule has 2 heterocycles. The molecule has 0 spiro atoms. The molecule has 1 aliphatic rings. The van der Waals surface area contributed by atoms with E-state index in [1.165, 1.54) is 18.4 Å². The van der Waals surface area contributed by atoms with Crippen LogP contribution in [0.3, 0.4) is 0 Å². The summed E-state index contributed by atoms with van der Waals surface area (Å²) in [6.45, 7) is 4.01. The van der Waals surface area contributed by atoms with E-state index in [0.29, 0.717) is 4.88 Å². The van der Waals surface area contributed by atoms with Crippen molar-refractivity contribution in [2.75, 3.05) is 38.2 Å². The molecule has 90 valence electrons. The molecule has 0 atom stereocenters. The summed E-state index contributed by atoms with van der Waals surface area (Å²) in [5.74, 6) is -0.249. The molecule has 2 rings (SSSR count). The van der Waals surface area contributed by atoms with E-state index in [2.05, 4.69) is 15.0 Å². The molecule has 6 heteroatoms. The minimum atomic E-state index is -0.249. The van der Waals surface area contributed by atoms with Crippen molar-refractivity contribution in [3.8, 4) is 0 Å². The molecule has 4 nitrogen and oxygen atoms in total. The fourth-order valence-electron chi connectivity index (χ4n) is 1.59. The topological polar surface area (TPSA) is 41.6 Å². The summed E-state index contributed by atoms with van der Waals surface area (Å²) in [6.07, 6.45) is 0. The first-order valence-corrected chi connectivity index (χ1v) is 5.77. The number of carbonyl (C=O) groups is 1. The van der Waals surface area contributed by atoms with Gasteiger partial charge in [-0.2, -0.15) is 0 Å². The molecule has 0 radical (unpaired) electrons. The normalized spacial score (nSPS) is 15.4. The van der Waals surface area contributed by atoms with Crippen molar-refractivity contribution in [2.24, 2.45) is 0 Å². The molecule has 0 aliphatic carbocycles. The molecule has 16 heavy (non-hydrogen) atoms. The maximum absolute atomic E-state index is 11.3. The molecule has 1 aliphatic heterocycles. The maximum atomic E-state index is 11.3. The van der Waals surface area contributed by atoms with Gasteiger partial charge in [0.2, 0.25) is 0 Å². The molecule has 0 unspecified atom stereocenters. The predicted octanol–water partition coefficient (Wildman–Crippen LogP) is 1.37. The molecular formula is C10H15ClN2O2S. The van der Waals surface area contributed by atoms with Crippen LogP contribution >= 0.6 is 23.7 Å². The van der Waals surface area contributed by atoms with Crippen LogP contribution in [0.1, 0.15) is 9.67 Å². The third kappa shape index (κ3) is 2.87. The summed E-state index contributed by atoms with van der Waals surface area (Å²) in [5.41, 5.74) is 0. The van der Waals surface area contributed by atoms with Gasteiger partial charge in [-0.25, -0.2) is 4.79 Å². The van der Waals surface area contributed by atoms with Crippen molar-refractivity contribution in [3.05, 3.63) is 17.0 Å². The molecule has 1 aromatic heterocycles. The summed E-state index contributed by atoms with van der Waals surface area (Å²) >= 11 is 1.50. The van der Waals surface area contributed by atoms with Crippen molar-refractivity contribution < 1.29 is 9.53 Å². The van der Waals surface area contributed by atoms with Crippen LogP contribution < -0.4 is 10.2 Å². The standard InChI is InChI=1S/C10H14N2O2S.ClH/c1-14-10(13)8-2-3-9(15-8)12-6-4-11-5-7-12;/h2-3,11H,4-7H2,1H3;1H. The van der Waals surface area contributed by atoms with Gasteiger partial charge in [-0.3, -0.25) is 0 Å². The van der Waals surface area contributed by atoms with E-state index < -0.39 is 0 Å². The van der Waals surface area contributed by atoms with Gasteiger partial charge >= 0.3 is 5.97 Å². The number of esters is 1. The molecule has 0 aromatic carbocycles. The predicted molar refractivity (Wildman–Crippen MR) is 68.0 cm³/mol. The molecule has 1 saturated heterocycles. The van der Waals surface area contributed by atoms with Crippen LogP contribution in [0.2, 0.25) is 0 Å². The lowest BCUT2D eigenvalue weighted by Crippen LogP contribution is -2.43. The van der Waals surface area contributed by atoms with Gasteiger partial charge in [0.15, 0.2) is 0 Å². The van der Waals surface area contributed by atoms with Crippen LogP contribution in [0.25, 0.3) is 0 Å². The SMILES string of the molecule is COC(=O)c1ccc(N2CCNCC2)s1.Cl. The number of halogens is 1. The van der Waals surface area contributed by atoms with Gasteiger partial charge in [-0.1, -0.05) is 0 Å². The van der Waals surface area contributed by atoms with Crippen LogP contribution in [0.5, 0.6) is 0 Å². The summed E-state index contributed by atoms with van der Waals surface area (Å²) in [5, 5.41) is 4.45. The van der Waals surface area contributed by atoms with E-state index in [4.69, 9.17) is 0 Å². The van der Waals surface area contributed by atoms with Crippen molar-refractivity contribution in [1.29, 1.82) is 0 Å². The van der Waals surface area contributed by atoms with Gasteiger partial charge in [-0.15, -0.1) is 23.7 Å². The van der Waals surface area contributed by atoms with Crippen molar-refractivity contribution in [1.82, 2.24) is 5.32 Å². The Bertz CT molecular complexity index is 350. The molecule has 0 bridgehead atoms. The van der Waals surface area contributed by atoms with E-state index in [0.717, 1.165) is 31.2 Å². The van der Waals surface area contributed by atoms with Gasteiger partial charge in [0, 0.05) is 26.2 Å². The largest absolute Gasteiger partial charge is 0.465 e. The number of hydrogen-bond donors (Lipinski definition) is 1. The fourth-order valence-corrected chi connectivity index (χ4v) is 2.57. The van der Waals surface area contributed by atoms with Gasteiger partial charge in [-0.05, 0) is 12.1 Å². The molecule has 0 saturated carbocycles. The molecule has 0 amide bonds. The third-order valence-corrected chi connectivity index (χ3v) is 3.53. The minimum Gasteiger partial charge on any atom is -0.465 e. The molecule has 1 N–H and O–H groups in total. The second-order valence-corrected chi connectivity index (χ2v) is 4.43. The van der Waals surface area contributed by atoms with Gasteiger partial charge < -0.3 is 15.0 Å². The summed E-state index contributed by atoms with van der Waals surface area (Å²) < 4.78 is 4.68. The number of carbonyl (C=O) groups excluding carboxylic acids is 1. The lowest BCUT2D eigenvalue weighted by Gasteiger charge is -2.27. The first-order chi connectivity index (χ1) is 7.31. The highest BCUT2D eigenvalue weighted by Gasteiger charge is 2.15. The lowest BCUT2D eigenvalue weighted by atomic mass is 10.4. The van der Waals surface area contributed by atoms with E-state index in [-0.39, 0.29) is 18.4 Å². The maximum Gasteiger partial charge on any atom is 0.348 e. The summed E-state index contributed by atoms with van der Waals surface area (Å²) in [7, 11) is 1.41. The highest BCUT2D eigenvalue weighted by molar-refractivity contribution is 7.17. The van der Waals surface area contributed by atoms with Crippen LogP contribution in [0.15, 0.2) is 12.1 Å². The number of hydrogen-bond acceptors (Lipinski definition) is 5. The lowest BCUT2D eigenvalue weighted by molar-refractivity contribution is 0.0606. The molecule has 1 aromatic rings. The zero-order valence-corrected chi connectivity index (χ0v) is 10.7. The minimum absolute atomic E-state index is 0. The second kappa shape index (κ2) is 6.08. The zero-order chi connectivity index (χ0) is 10.7. The zero-order valence-electron chi connectivity index (χ0n) is 9.06. The number of nitrogens with one attached hydrogen (secondary N) is 1. The van der Waals surface area contributed by atoms with Crippen LogP contribution in [-0.4, -0.2) is 39.3 Å². The number of rotatable bonds is 2. The molecule has 1 fully saturated rings. The Balaban J connectivity index is 0.00000128. The van der Waals surface area contributed by atoms with Crippen LogP contribution in [0.4, 0.5) is 5.00 Å². The number of thiophene rings is 1. The second-order valence-electron chi connectivity index (χ2n) is 3.37. The summed E-state index contributed by atoms with van der Waals surface area (Å²) in [6, 6.07) is 3.82. The third-order valence-electron chi connectivity index (χ3n) is 2.41.